The Morgan fingerprint density at radius 1 is 1.25 bits per heavy atom. The number of aliphatic hydroxyl groups excluding tert-OH is 1. The van der Waals surface area contributed by atoms with E-state index in [1.807, 2.05) is 0 Å². The lowest BCUT2D eigenvalue weighted by Gasteiger charge is -2.18. The molecule has 0 amide bonds. The summed E-state index contributed by atoms with van der Waals surface area (Å²) in [6, 6.07) is 4.48. The second-order valence-electron chi connectivity index (χ2n) is 4.38. The van der Waals surface area contributed by atoms with E-state index >= 15 is 0 Å². The Kier molecular flexibility index (Phi) is 5.73. The van der Waals surface area contributed by atoms with E-state index in [2.05, 4.69) is 15.9 Å². The van der Waals surface area contributed by atoms with Gasteiger partial charge in [0.05, 0.1) is 17.3 Å². The van der Waals surface area contributed by atoms with Gasteiger partial charge in [0.2, 0.25) is 10.0 Å². The number of halogens is 1. The van der Waals surface area contributed by atoms with Gasteiger partial charge in [-0.05, 0) is 33.6 Å². The van der Waals surface area contributed by atoms with Crippen LogP contribution in [0.2, 0.25) is 0 Å². The third kappa shape index (κ3) is 4.52. The minimum absolute atomic E-state index is 0.0000472. The molecular formula is C11H16BrNO5S2. The Balaban J connectivity index is 3.10. The summed E-state index contributed by atoms with van der Waals surface area (Å²) >= 11 is 3.15. The lowest BCUT2D eigenvalue weighted by Crippen LogP contribution is -2.31. The predicted octanol–water partition coefficient (Wildman–Crippen LogP) is 0.607. The third-order valence-electron chi connectivity index (χ3n) is 2.64. The van der Waals surface area contributed by atoms with Gasteiger partial charge in [-0.3, -0.25) is 0 Å². The maximum atomic E-state index is 12.4. The fourth-order valence-electron chi connectivity index (χ4n) is 1.43. The molecule has 0 unspecified atom stereocenters. The SMILES string of the molecule is CN(CCS(C)(=O)=O)S(=O)(=O)c1cc(CO)ccc1Br. The minimum Gasteiger partial charge on any atom is -0.392 e. The molecule has 0 heterocycles. The second kappa shape index (κ2) is 6.52. The van der Waals surface area contributed by atoms with Crippen LogP contribution in [0.4, 0.5) is 0 Å². The van der Waals surface area contributed by atoms with Crippen molar-refractivity contribution in [3.63, 3.8) is 0 Å². The normalized spacial score (nSPS) is 12.8. The topological polar surface area (TPSA) is 91.8 Å². The summed E-state index contributed by atoms with van der Waals surface area (Å²) in [6.45, 7) is -0.403. The van der Waals surface area contributed by atoms with Crippen LogP contribution in [0.3, 0.4) is 0 Å². The van der Waals surface area contributed by atoms with E-state index in [9.17, 15) is 16.8 Å². The average molecular weight is 386 g/mol. The van der Waals surface area contributed by atoms with Gasteiger partial charge in [0.15, 0.2) is 0 Å². The lowest BCUT2D eigenvalue weighted by atomic mass is 10.2. The van der Waals surface area contributed by atoms with Crippen molar-refractivity contribution in [2.24, 2.45) is 0 Å². The molecule has 0 aliphatic rings. The minimum atomic E-state index is -3.81. The molecule has 0 saturated carbocycles. The Bertz CT molecular complexity index is 685. The quantitative estimate of drug-likeness (QED) is 0.774. The van der Waals surface area contributed by atoms with E-state index in [0.717, 1.165) is 10.6 Å². The summed E-state index contributed by atoms with van der Waals surface area (Å²) in [5.41, 5.74) is 0.461. The molecule has 0 saturated heterocycles. The van der Waals surface area contributed by atoms with Gasteiger partial charge in [0.25, 0.3) is 0 Å². The molecule has 6 nitrogen and oxygen atoms in total. The van der Waals surface area contributed by atoms with Gasteiger partial charge < -0.3 is 5.11 Å². The number of sulfonamides is 1. The highest BCUT2D eigenvalue weighted by molar-refractivity contribution is 9.10. The summed E-state index contributed by atoms with van der Waals surface area (Å²) in [6.07, 6.45) is 1.05. The number of rotatable bonds is 6. The molecule has 1 aromatic carbocycles. The second-order valence-corrected chi connectivity index (χ2v) is 9.51. The molecule has 1 rings (SSSR count). The first kappa shape index (κ1) is 17.6. The van der Waals surface area contributed by atoms with Crippen LogP contribution in [0.15, 0.2) is 27.6 Å². The van der Waals surface area contributed by atoms with Crippen LogP contribution in [-0.4, -0.2) is 51.8 Å². The summed E-state index contributed by atoms with van der Waals surface area (Å²) in [5, 5.41) is 9.06. The largest absolute Gasteiger partial charge is 0.392 e. The first-order chi connectivity index (χ1) is 9.08. The highest BCUT2D eigenvalue weighted by Crippen LogP contribution is 2.25. The molecule has 0 aliphatic heterocycles. The summed E-state index contributed by atoms with van der Waals surface area (Å²) in [5.74, 6) is -0.250. The Hall–Kier alpha value is -0.480. The van der Waals surface area contributed by atoms with E-state index in [1.54, 1.807) is 6.07 Å². The highest BCUT2D eigenvalue weighted by atomic mass is 79.9. The summed E-state index contributed by atoms with van der Waals surface area (Å²) < 4.78 is 48.3. The molecule has 0 fully saturated rings. The van der Waals surface area contributed by atoms with Crippen molar-refractivity contribution >= 4 is 35.8 Å². The van der Waals surface area contributed by atoms with Crippen molar-refractivity contribution in [1.29, 1.82) is 0 Å². The molecule has 114 valence electrons. The van der Waals surface area contributed by atoms with Crippen LogP contribution >= 0.6 is 15.9 Å². The van der Waals surface area contributed by atoms with Crippen molar-refractivity contribution in [1.82, 2.24) is 4.31 Å². The van der Waals surface area contributed by atoms with E-state index in [1.165, 1.54) is 19.2 Å². The number of benzene rings is 1. The van der Waals surface area contributed by atoms with E-state index < -0.39 is 19.9 Å². The van der Waals surface area contributed by atoms with Crippen molar-refractivity contribution in [3.05, 3.63) is 28.2 Å². The fourth-order valence-corrected chi connectivity index (χ4v) is 4.29. The van der Waals surface area contributed by atoms with Crippen molar-refractivity contribution in [3.8, 4) is 0 Å². The molecule has 0 spiro atoms. The summed E-state index contributed by atoms with van der Waals surface area (Å²) in [7, 11) is -5.74. The van der Waals surface area contributed by atoms with Crippen LogP contribution in [-0.2, 0) is 26.5 Å². The van der Waals surface area contributed by atoms with Crippen molar-refractivity contribution in [2.45, 2.75) is 11.5 Å². The zero-order chi connectivity index (χ0) is 15.6. The van der Waals surface area contributed by atoms with Gasteiger partial charge >= 0.3 is 0 Å². The maximum Gasteiger partial charge on any atom is 0.243 e. The molecule has 0 aromatic heterocycles. The number of nitrogens with zero attached hydrogens (tertiary/aromatic N) is 1. The Morgan fingerprint density at radius 3 is 2.35 bits per heavy atom. The van der Waals surface area contributed by atoms with Gasteiger partial charge in [-0.15, -0.1) is 0 Å². The van der Waals surface area contributed by atoms with Gasteiger partial charge in [-0.1, -0.05) is 6.07 Å². The molecule has 0 bridgehead atoms. The van der Waals surface area contributed by atoms with Gasteiger partial charge in [0, 0.05) is 24.3 Å². The third-order valence-corrected chi connectivity index (χ3v) is 6.42. The molecular weight excluding hydrogens is 370 g/mol. The number of hydrogen-bond acceptors (Lipinski definition) is 5. The number of hydrogen-bond donors (Lipinski definition) is 1. The van der Waals surface area contributed by atoms with E-state index in [-0.39, 0.29) is 23.8 Å². The van der Waals surface area contributed by atoms with Crippen molar-refractivity contribution < 1.29 is 21.9 Å². The van der Waals surface area contributed by atoms with Crippen molar-refractivity contribution in [2.75, 3.05) is 25.6 Å². The van der Waals surface area contributed by atoms with Crippen LogP contribution in [0.1, 0.15) is 5.56 Å². The predicted molar refractivity (Wildman–Crippen MR) is 79.6 cm³/mol. The highest BCUT2D eigenvalue weighted by Gasteiger charge is 2.24. The molecule has 1 aromatic rings. The zero-order valence-corrected chi connectivity index (χ0v) is 14.3. The summed E-state index contributed by atoms with van der Waals surface area (Å²) in [4.78, 5) is 0.0000472. The molecule has 0 radical (unpaired) electrons. The van der Waals surface area contributed by atoms with Crippen LogP contribution in [0.5, 0.6) is 0 Å². The van der Waals surface area contributed by atoms with Gasteiger partial charge in [0.1, 0.15) is 9.84 Å². The van der Waals surface area contributed by atoms with E-state index in [4.69, 9.17) is 5.11 Å². The van der Waals surface area contributed by atoms with Crippen LogP contribution < -0.4 is 0 Å². The standard InChI is InChI=1S/C11H16BrNO5S2/c1-13(5-6-19(2,15)16)20(17,18)11-7-9(8-14)3-4-10(11)12/h3-4,7,14H,5-6,8H2,1-2H3. The maximum absolute atomic E-state index is 12.4. The van der Waals surface area contributed by atoms with Gasteiger partial charge in [-0.25, -0.2) is 16.8 Å². The Morgan fingerprint density at radius 2 is 1.85 bits per heavy atom. The zero-order valence-electron chi connectivity index (χ0n) is 11.1. The fraction of sp³-hybridized carbons (Fsp3) is 0.455. The molecule has 0 atom stereocenters. The van der Waals surface area contributed by atoms with Crippen LogP contribution in [0, 0.1) is 0 Å². The first-order valence-corrected chi connectivity index (χ1v) is 9.90. The van der Waals surface area contributed by atoms with Crippen LogP contribution in [0.25, 0.3) is 0 Å². The lowest BCUT2D eigenvalue weighted by molar-refractivity contribution is 0.281. The molecule has 1 N–H and O–H groups in total. The molecule has 9 heteroatoms. The molecule has 0 aliphatic carbocycles. The molecule has 20 heavy (non-hydrogen) atoms. The number of sulfone groups is 1. The monoisotopic (exact) mass is 385 g/mol. The Labute approximate surface area is 127 Å². The van der Waals surface area contributed by atoms with E-state index in [0.29, 0.717) is 10.0 Å². The smallest absolute Gasteiger partial charge is 0.243 e. The average Bonchev–Trinajstić information content (AvgIpc) is 2.35. The first-order valence-electron chi connectivity index (χ1n) is 5.61. The number of aliphatic hydroxyl groups is 1. The van der Waals surface area contributed by atoms with Gasteiger partial charge in [-0.2, -0.15) is 4.31 Å².